The second kappa shape index (κ2) is 7.20. The van der Waals surface area contributed by atoms with Crippen molar-refractivity contribution in [2.45, 2.75) is 24.6 Å². The van der Waals surface area contributed by atoms with Gasteiger partial charge in [0.2, 0.25) is 5.60 Å². The number of oxime groups is 1. The minimum absolute atomic E-state index is 0.0442. The normalized spacial score (nSPS) is 25.5. The number of halogens is 6. The summed E-state index contributed by atoms with van der Waals surface area (Å²) < 4.78 is 42.1. The van der Waals surface area contributed by atoms with E-state index in [1.165, 1.54) is 17.2 Å². The molecule has 1 aliphatic heterocycles. The standard InChI is InChI=1S/C17H15Cl3F3N3O/c1-26(24)15-4-9(2-3-13(15)20)14-8-16(27-25-14,17(21,22)23)10-5-11(18)7-12(19)6-10/h2-5,7,10H,6,8,24H2,1H3. The van der Waals surface area contributed by atoms with Gasteiger partial charge < -0.3 is 9.85 Å². The van der Waals surface area contributed by atoms with Crippen molar-refractivity contribution >= 4 is 46.2 Å². The maximum atomic E-state index is 14.0. The highest BCUT2D eigenvalue weighted by molar-refractivity contribution is 6.35. The number of hydrogen-bond acceptors (Lipinski definition) is 4. The first-order valence-corrected chi connectivity index (χ1v) is 9.00. The van der Waals surface area contributed by atoms with E-state index in [9.17, 15) is 13.2 Å². The third-order valence-corrected chi connectivity index (χ3v) is 5.37. The van der Waals surface area contributed by atoms with E-state index in [4.69, 9.17) is 45.5 Å². The van der Waals surface area contributed by atoms with Gasteiger partial charge in [-0.2, -0.15) is 13.2 Å². The van der Waals surface area contributed by atoms with E-state index in [1.807, 2.05) is 0 Å². The average molecular weight is 441 g/mol. The molecule has 0 saturated heterocycles. The van der Waals surface area contributed by atoms with Gasteiger partial charge in [-0.3, -0.25) is 0 Å². The van der Waals surface area contributed by atoms with Crippen LogP contribution in [-0.2, 0) is 4.84 Å². The zero-order chi connectivity index (χ0) is 20.0. The Morgan fingerprint density at radius 2 is 2.00 bits per heavy atom. The molecular weight excluding hydrogens is 426 g/mol. The Kier molecular flexibility index (Phi) is 5.42. The molecule has 0 spiro atoms. The first-order chi connectivity index (χ1) is 12.5. The second-order valence-corrected chi connectivity index (χ2v) is 7.75. The van der Waals surface area contributed by atoms with Crippen LogP contribution in [0.1, 0.15) is 18.4 Å². The first-order valence-electron chi connectivity index (χ1n) is 7.87. The number of hydrogen-bond donors (Lipinski definition) is 1. The van der Waals surface area contributed by atoms with Crippen LogP contribution in [0, 0.1) is 5.92 Å². The first kappa shape index (κ1) is 20.3. The van der Waals surface area contributed by atoms with Gasteiger partial charge in [0.25, 0.3) is 0 Å². The number of benzene rings is 1. The Bertz CT molecular complexity index is 852. The van der Waals surface area contributed by atoms with Crippen molar-refractivity contribution in [3.8, 4) is 0 Å². The third kappa shape index (κ3) is 3.78. The number of rotatable bonds is 3. The average Bonchev–Trinajstić information content (AvgIpc) is 3.00. The Balaban J connectivity index is 1.96. The van der Waals surface area contributed by atoms with Crippen molar-refractivity contribution in [1.82, 2.24) is 0 Å². The maximum Gasteiger partial charge on any atom is 0.431 e. The highest BCUT2D eigenvalue weighted by Crippen LogP contribution is 2.50. The topological polar surface area (TPSA) is 50.8 Å². The summed E-state index contributed by atoms with van der Waals surface area (Å²) in [6.07, 6.45) is -2.49. The quantitative estimate of drug-likeness (QED) is 0.510. The molecule has 1 aromatic carbocycles. The molecular formula is C17H15Cl3F3N3O. The highest BCUT2D eigenvalue weighted by Gasteiger charge is 2.65. The van der Waals surface area contributed by atoms with Crippen LogP contribution in [0.2, 0.25) is 5.02 Å². The van der Waals surface area contributed by atoms with Gasteiger partial charge in [0.15, 0.2) is 0 Å². The molecule has 1 aliphatic carbocycles. The second-order valence-electron chi connectivity index (χ2n) is 6.42. The van der Waals surface area contributed by atoms with Crippen LogP contribution in [0.4, 0.5) is 18.9 Å². The SMILES string of the molecule is CN(N)c1cc(C2=NOC(C3C=C(Cl)C=C(Cl)C3)(C(F)(F)F)C2)ccc1Cl. The summed E-state index contributed by atoms with van der Waals surface area (Å²) in [7, 11) is 1.57. The van der Waals surface area contributed by atoms with E-state index in [0.29, 0.717) is 16.3 Å². The molecule has 1 heterocycles. The molecule has 0 saturated carbocycles. The fourth-order valence-corrected chi connectivity index (χ4v) is 4.02. The molecule has 1 aromatic rings. The summed E-state index contributed by atoms with van der Waals surface area (Å²) in [6.45, 7) is 0. The van der Waals surface area contributed by atoms with Gasteiger partial charge in [0.1, 0.15) is 0 Å². The smallest absolute Gasteiger partial charge is 0.378 e. The fraction of sp³-hybridized carbons (Fsp3) is 0.353. The van der Waals surface area contributed by atoms with Crippen molar-refractivity contribution in [2.75, 3.05) is 12.1 Å². The summed E-state index contributed by atoms with van der Waals surface area (Å²) in [4.78, 5) is 5.03. The monoisotopic (exact) mass is 439 g/mol. The summed E-state index contributed by atoms with van der Waals surface area (Å²) in [5.41, 5.74) is -1.52. The number of nitrogens with two attached hydrogens (primary N) is 1. The summed E-state index contributed by atoms with van der Waals surface area (Å²) in [6, 6.07) is 4.68. The summed E-state index contributed by atoms with van der Waals surface area (Å²) in [5.74, 6) is 4.60. The van der Waals surface area contributed by atoms with Crippen LogP contribution in [0.3, 0.4) is 0 Å². The van der Waals surface area contributed by atoms with E-state index in [0.717, 1.165) is 0 Å². The fourth-order valence-electron chi connectivity index (χ4n) is 3.15. The number of nitrogens with zero attached hydrogens (tertiary/aromatic N) is 2. The van der Waals surface area contributed by atoms with Crippen molar-refractivity contribution in [1.29, 1.82) is 0 Å². The predicted octanol–water partition coefficient (Wildman–Crippen LogP) is 5.34. The van der Waals surface area contributed by atoms with Gasteiger partial charge in [-0.05, 0) is 24.6 Å². The third-order valence-electron chi connectivity index (χ3n) is 4.56. The Labute approximate surface area is 168 Å². The van der Waals surface area contributed by atoms with E-state index in [1.54, 1.807) is 25.2 Å². The minimum atomic E-state index is -4.69. The molecule has 2 N–H and O–H groups in total. The molecule has 0 aromatic heterocycles. The molecule has 146 valence electrons. The van der Waals surface area contributed by atoms with Crippen molar-refractivity contribution in [2.24, 2.45) is 16.9 Å². The number of anilines is 1. The molecule has 10 heteroatoms. The van der Waals surface area contributed by atoms with Crippen LogP contribution < -0.4 is 10.9 Å². The Morgan fingerprint density at radius 1 is 1.30 bits per heavy atom. The van der Waals surface area contributed by atoms with Crippen molar-refractivity contribution in [3.05, 3.63) is 51.0 Å². The molecule has 27 heavy (non-hydrogen) atoms. The number of alkyl halides is 3. The van der Waals surface area contributed by atoms with Gasteiger partial charge >= 0.3 is 6.18 Å². The van der Waals surface area contributed by atoms with Gasteiger partial charge in [0.05, 0.1) is 16.4 Å². The lowest BCUT2D eigenvalue weighted by molar-refractivity contribution is -0.282. The molecule has 2 unspecified atom stereocenters. The lowest BCUT2D eigenvalue weighted by Gasteiger charge is -2.36. The lowest BCUT2D eigenvalue weighted by atomic mass is 9.78. The van der Waals surface area contributed by atoms with E-state index < -0.39 is 24.1 Å². The van der Waals surface area contributed by atoms with Crippen LogP contribution in [0.25, 0.3) is 0 Å². The van der Waals surface area contributed by atoms with E-state index in [-0.39, 0.29) is 22.2 Å². The molecule has 0 bridgehead atoms. The summed E-state index contributed by atoms with van der Waals surface area (Å²) >= 11 is 18.0. The molecule has 2 aliphatic rings. The molecule has 4 nitrogen and oxygen atoms in total. The Hall–Kier alpha value is -1.41. The zero-order valence-electron chi connectivity index (χ0n) is 14.0. The van der Waals surface area contributed by atoms with Crippen LogP contribution in [-0.4, -0.2) is 24.5 Å². The van der Waals surface area contributed by atoms with Crippen LogP contribution in [0.15, 0.2) is 45.6 Å². The molecule has 0 radical (unpaired) electrons. The Morgan fingerprint density at radius 3 is 2.59 bits per heavy atom. The predicted molar refractivity (Wildman–Crippen MR) is 101 cm³/mol. The van der Waals surface area contributed by atoms with Gasteiger partial charge in [0, 0.05) is 35.0 Å². The highest BCUT2D eigenvalue weighted by atomic mass is 35.5. The lowest BCUT2D eigenvalue weighted by Crippen LogP contribution is -2.51. The zero-order valence-corrected chi connectivity index (χ0v) is 16.3. The minimum Gasteiger partial charge on any atom is -0.378 e. The van der Waals surface area contributed by atoms with Gasteiger partial charge in [-0.1, -0.05) is 52.1 Å². The van der Waals surface area contributed by atoms with Gasteiger partial charge in [-0.15, -0.1) is 0 Å². The van der Waals surface area contributed by atoms with Crippen molar-refractivity contribution < 1.29 is 18.0 Å². The maximum absolute atomic E-state index is 14.0. The molecule has 0 fully saturated rings. The number of hydrazine groups is 1. The van der Waals surface area contributed by atoms with Crippen LogP contribution >= 0.6 is 34.8 Å². The largest absolute Gasteiger partial charge is 0.431 e. The van der Waals surface area contributed by atoms with Crippen molar-refractivity contribution in [3.63, 3.8) is 0 Å². The molecule has 0 amide bonds. The number of allylic oxidation sites excluding steroid dienone is 3. The van der Waals surface area contributed by atoms with E-state index in [2.05, 4.69) is 5.16 Å². The molecule has 3 rings (SSSR count). The molecule has 2 atom stereocenters. The summed E-state index contributed by atoms with van der Waals surface area (Å²) in [5, 5.41) is 5.74. The van der Waals surface area contributed by atoms with Gasteiger partial charge in [-0.25, -0.2) is 5.84 Å². The van der Waals surface area contributed by atoms with E-state index >= 15 is 0 Å². The van der Waals surface area contributed by atoms with Crippen LogP contribution in [0.5, 0.6) is 0 Å².